The molecule has 0 aromatic carbocycles. The highest BCUT2D eigenvalue weighted by molar-refractivity contribution is 9.09. The quantitative estimate of drug-likeness (QED) is 0.544. The van der Waals surface area contributed by atoms with Crippen molar-refractivity contribution >= 4 is 15.9 Å². The Balaban J connectivity index is 1.91. The van der Waals surface area contributed by atoms with Crippen LogP contribution in [-0.2, 0) is 0 Å². The van der Waals surface area contributed by atoms with Crippen LogP contribution in [0.1, 0.15) is 32.1 Å². The second-order valence-corrected chi connectivity index (χ2v) is 5.84. The minimum atomic E-state index is 0.891. The maximum Gasteiger partial charge on any atom is 0.0179 e. The highest BCUT2D eigenvalue weighted by Gasteiger charge is 2.52. The zero-order valence-electron chi connectivity index (χ0n) is 6.80. The van der Waals surface area contributed by atoms with Crippen LogP contribution >= 0.6 is 15.9 Å². The van der Waals surface area contributed by atoms with Gasteiger partial charge in [-0.25, -0.2) is 0 Å². The fraction of sp³-hybridized carbons (Fsp3) is 1.00. The first kappa shape index (κ1) is 6.94. The van der Waals surface area contributed by atoms with Crippen LogP contribution < -0.4 is 0 Å². The number of hydrogen-bond acceptors (Lipinski definition) is 0. The molecule has 0 N–H and O–H groups in total. The number of halogens is 1. The predicted octanol–water partition coefficient (Wildman–Crippen LogP) is 3.21. The van der Waals surface area contributed by atoms with E-state index in [1.54, 1.807) is 19.3 Å². The zero-order chi connectivity index (χ0) is 7.42. The first-order chi connectivity index (χ1) is 5.36. The third-order valence-electron chi connectivity index (χ3n) is 4.35. The lowest BCUT2D eigenvalue weighted by Gasteiger charge is -2.26. The molecule has 0 saturated heterocycles. The van der Waals surface area contributed by atoms with Gasteiger partial charge < -0.3 is 0 Å². The summed E-state index contributed by atoms with van der Waals surface area (Å²) in [6, 6.07) is 0. The molecule has 5 unspecified atom stereocenters. The molecule has 2 bridgehead atoms. The Morgan fingerprint density at radius 2 is 1.73 bits per heavy atom. The van der Waals surface area contributed by atoms with Gasteiger partial charge in [-0.1, -0.05) is 15.9 Å². The van der Waals surface area contributed by atoms with E-state index in [-0.39, 0.29) is 0 Å². The van der Waals surface area contributed by atoms with Crippen LogP contribution in [0.3, 0.4) is 0 Å². The lowest BCUT2D eigenvalue weighted by Crippen LogP contribution is -2.21. The van der Waals surface area contributed by atoms with Gasteiger partial charge in [-0.3, -0.25) is 0 Å². The van der Waals surface area contributed by atoms with Crippen LogP contribution in [0.4, 0.5) is 0 Å². The van der Waals surface area contributed by atoms with E-state index in [1.165, 1.54) is 12.8 Å². The number of rotatable bonds is 0. The van der Waals surface area contributed by atoms with Crippen molar-refractivity contribution in [1.29, 1.82) is 0 Å². The third kappa shape index (κ3) is 0.811. The standard InChI is InChI=1S/C10H15Br/c11-9-4-3-8-6-1-2-7(5-6)10(8)9/h6-10H,1-5H2. The lowest BCUT2D eigenvalue weighted by molar-refractivity contribution is 0.264. The number of alkyl halides is 1. The van der Waals surface area contributed by atoms with E-state index in [2.05, 4.69) is 15.9 Å². The average Bonchev–Trinajstić information content (AvgIpc) is 2.60. The Morgan fingerprint density at radius 3 is 2.55 bits per heavy atom. The van der Waals surface area contributed by atoms with Crippen molar-refractivity contribution in [2.45, 2.75) is 36.9 Å². The van der Waals surface area contributed by atoms with Gasteiger partial charge >= 0.3 is 0 Å². The Labute approximate surface area is 76.9 Å². The Morgan fingerprint density at radius 1 is 0.909 bits per heavy atom. The van der Waals surface area contributed by atoms with Crippen molar-refractivity contribution in [3.05, 3.63) is 0 Å². The largest absolute Gasteiger partial charge is 0.0887 e. The molecular formula is C10H15Br. The summed E-state index contributed by atoms with van der Waals surface area (Å²) in [6.45, 7) is 0. The summed E-state index contributed by atoms with van der Waals surface area (Å²) in [7, 11) is 0. The van der Waals surface area contributed by atoms with Crippen LogP contribution in [0, 0.1) is 23.7 Å². The second-order valence-electron chi connectivity index (χ2n) is 4.67. The van der Waals surface area contributed by atoms with Gasteiger partial charge in [-0.2, -0.15) is 0 Å². The van der Waals surface area contributed by atoms with E-state index >= 15 is 0 Å². The van der Waals surface area contributed by atoms with Crippen molar-refractivity contribution in [3.8, 4) is 0 Å². The van der Waals surface area contributed by atoms with Gasteiger partial charge in [0.15, 0.2) is 0 Å². The minimum Gasteiger partial charge on any atom is -0.0887 e. The Kier molecular flexibility index (Phi) is 1.42. The van der Waals surface area contributed by atoms with E-state index in [1.807, 2.05) is 0 Å². The van der Waals surface area contributed by atoms with E-state index in [0.717, 1.165) is 28.5 Å². The van der Waals surface area contributed by atoms with Crippen LogP contribution in [0.2, 0.25) is 0 Å². The molecule has 0 aromatic rings. The molecule has 3 aliphatic carbocycles. The summed E-state index contributed by atoms with van der Waals surface area (Å²) < 4.78 is 0. The predicted molar refractivity (Wildman–Crippen MR) is 49.8 cm³/mol. The molecule has 3 saturated carbocycles. The Hall–Kier alpha value is 0.480. The maximum atomic E-state index is 3.85. The minimum absolute atomic E-state index is 0.891. The topological polar surface area (TPSA) is 0 Å². The second kappa shape index (κ2) is 2.25. The molecule has 0 radical (unpaired) electrons. The van der Waals surface area contributed by atoms with Gasteiger partial charge in [-0.05, 0) is 55.8 Å². The first-order valence-corrected chi connectivity index (χ1v) is 5.92. The zero-order valence-corrected chi connectivity index (χ0v) is 8.39. The molecule has 62 valence electrons. The van der Waals surface area contributed by atoms with Gasteiger partial charge in [-0.15, -0.1) is 0 Å². The molecule has 11 heavy (non-hydrogen) atoms. The molecule has 0 amide bonds. The van der Waals surface area contributed by atoms with Crippen molar-refractivity contribution in [1.82, 2.24) is 0 Å². The summed E-state index contributed by atoms with van der Waals surface area (Å²) in [5.41, 5.74) is 0. The SMILES string of the molecule is BrC1CCC2C3CCC(C3)C12. The number of fused-ring (bicyclic) bond motifs is 5. The average molecular weight is 215 g/mol. The fourth-order valence-electron chi connectivity index (χ4n) is 3.99. The van der Waals surface area contributed by atoms with Gasteiger partial charge in [0.25, 0.3) is 0 Å². The van der Waals surface area contributed by atoms with Gasteiger partial charge in [0.1, 0.15) is 0 Å². The lowest BCUT2D eigenvalue weighted by atomic mass is 9.82. The summed E-state index contributed by atoms with van der Waals surface area (Å²) >= 11 is 3.85. The van der Waals surface area contributed by atoms with E-state index in [9.17, 15) is 0 Å². The van der Waals surface area contributed by atoms with Crippen LogP contribution in [0.25, 0.3) is 0 Å². The molecule has 0 heterocycles. The fourth-order valence-corrected chi connectivity index (χ4v) is 5.08. The van der Waals surface area contributed by atoms with Crippen molar-refractivity contribution in [2.75, 3.05) is 0 Å². The molecule has 3 fully saturated rings. The molecule has 3 aliphatic rings. The highest BCUT2D eigenvalue weighted by Crippen LogP contribution is 2.60. The van der Waals surface area contributed by atoms with Crippen molar-refractivity contribution in [2.24, 2.45) is 23.7 Å². The monoisotopic (exact) mass is 214 g/mol. The van der Waals surface area contributed by atoms with Crippen molar-refractivity contribution < 1.29 is 0 Å². The van der Waals surface area contributed by atoms with Crippen LogP contribution in [-0.4, -0.2) is 4.83 Å². The van der Waals surface area contributed by atoms with Crippen LogP contribution in [0.5, 0.6) is 0 Å². The molecule has 3 rings (SSSR count). The van der Waals surface area contributed by atoms with Gasteiger partial charge in [0, 0.05) is 4.83 Å². The van der Waals surface area contributed by atoms with E-state index in [4.69, 9.17) is 0 Å². The highest BCUT2D eigenvalue weighted by atomic mass is 79.9. The normalized spacial score (nSPS) is 60.3. The molecule has 0 spiro atoms. The molecule has 1 heteroatoms. The molecule has 5 atom stereocenters. The van der Waals surface area contributed by atoms with E-state index < -0.39 is 0 Å². The summed E-state index contributed by atoms with van der Waals surface area (Å²) in [6.07, 6.45) is 7.68. The smallest absolute Gasteiger partial charge is 0.0179 e. The summed E-state index contributed by atoms with van der Waals surface area (Å²) in [5, 5.41) is 0. The Bertz CT molecular complexity index is 178. The maximum absolute atomic E-state index is 3.85. The molecule has 0 nitrogen and oxygen atoms in total. The van der Waals surface area contributed by atoms with Crippen LogP contribution in [0.15, 0.2) is 0 Å². The van der Waals surface area contributed by atoms with Crippen molar-refractivity contribution in [3.63, 3.8) is 0 Å². The first-order valence-electron chi connectivity index (χ1n) is 5.00. The third-order valence-corrected chi connectivity index (χ3v) is 5.42. The van der Waals surface area contributed by atoms with Gasteiger partial charge in [0.2, 0.25) is 0 Å². The summed E-state index contributed by atoms with van der Waals surface area (Å²) in [5.74, 6) is 4.50. The van der Waals surface area contributed by atoms with E-state index in [0.29, 0.717) is 0 Å². The molecular weight excluding hydrogens is 200 g/mol. The molecule has 0 aromatic heterocycles. The van der Waals surface area contributed by atoms with Gasteiger partial charge in [0.05, 0.1) is 0 Å². The summed E-state index contributed by atoms with van der Waals surface area (Å²) in [4.78, 5) is 0.891. The molecule has 0 aliphatic heterocycles. The number of hydrogen-bond donors (Lipinski definition) is 0.